The fourth-order valence-electron chi connectivity index (χ4n) is 3.23. The van der Waals surface area contributed by atoms with E-state index in [1.165, 1.54) is 14.0 Å². The van der Waals surface area contributed by atoms with Gasteiger partial charge < -0.3 is 10.1 Å². The van der Waals surface area contributed by atoms with Crippen molar-refractivity contribution in [3.63, 3.8) is 0 Å². The topological polar surface area (TPSA) is 92.8 Å². The van der Waals surface area contributed by atoms with E-state index in [-0.39, 0.29) is 0 Å². The van der Waals surface area contributed by atoms with Crippen molar-refractivity contribution in [1.29, 1.82) is 0 Å². The van der Waals surface area contributed by atoms with Gasteiger partial charge in [-0.3, -0.25) is 9.10 Å². The van der Waals surface area contributed by atoms with Crippen LogP contribution in [0, 0.1) is 20.8 Å². The molecule has 0 aliphatic heterocycles. The highest BCUT2D eigenvalue weighted by molar-refractivity contribution is 7.92. The maximum atomic E-state index is 12.9. The van der Waals surface area contributed by atoms with Crippen LogP contribution in [-0.4, -0.2) is 39.7 Å². The smallest absolute Gasteiger partial charge is 0.338 e. The Morgan fingerprint density at radius 1 is 1.07 bits per heavy atom. The molecule has 2 aromatic carbocycles. The van der Waals surface area contributed by atoms with Gasteiger partial charge >= 0.3 is 5.97 Å². The monoisotopic (exact) mass is 418 g/mol. The van der Waals surface area contributed by atoms with E-state index in [0.717, 1.165) is 21.7 Å². The number of sulfonamides is 1. The quantitative estimate of drug-likeness (QED) is 0.727. The number of rotatable bonds is 6. The summed E-state index contributed by atoms with van der Waals surface area (Å²) in [5.41, 5.74) is 3.49. The van der Waals surface area contributed by atoms with Crippen LogP contribution < -0.4 is 9.62 Å². The van der Waals surface area contributed by atoms with Crippen LogP contribution in [0.5, 0.6) is 0 Å². The fraction of sp³-hybridized carbons (Fsp3) is 0.333. The van der Waals surface area contributed by atoms with Crippen molar-refractivity contribution in [3.05, 3.63) is 58.7 Å². The van der Waals surface area contributed by atoms with Crippen LogP contribution in [-0.2, 0) is 19.6 Å². The average molecular weight is 419 g/mol. The summed E-state index contributed by atoms with van der Waals surface area (Å²) >= 11 is 0. The number of nitrogens with one attached hydrogen (secondary N) is 1. The van der Waals surface area contributed by atoms with Gasteiger partial charge in [-0.2, -0.15) is 0 Å². The normalized spacial score (nSPS) is 12.2. The Kier molecular flexibility index (Phi) is 6.69. The Labute approximate surface area is 171 Å². The molecule has 2 aromatic rings. The first-order valence-electron chi connectivity index (χ1n) is 9.02. The lowest BCUT2D eigenvalue weighted by molar-refractivity contribution is -0.116. The minimum Gasteiger partial charge on any atom is -0.465 e. The molecule has 0 fully saturated rings. The van der Waals surface area contributed by atoms with Crippen LogP contribution >= 0.6 is 0 Å². The second-order valence-electron chi connectivity index (χ2n) is 7.04. The number of carbonyl (C=O) groups excluding carboxylic acids is 2. The molecule has 0 saturated carbocycles. The van der Waals surface area contributed by atoms with Gasteiger partial charge in [-0.15, -0.1) is 0 Å². The Morgan fingerprint density at radius 3 is 2.17 bits per heavy atom. The van der Waals surface area contributed by atoms with Gasteiger partial charge in [0, 0.05) is 5.69 Å². The number of methoxy groups -OCH3 is 1. The molecule has 0 spiro atoms. The van der Waals surface area contributed by atoms with Crippen LogP contribution in [0.1, 0.15) is 34.0 Å². The molecule has 1 amide bonds. The number of anilines is 2. The Morgan fingerprint density at radius 2 is 1.66 bits per heavy atom. The highest BCUT2D eigenvalue weighted by atomic mass is 32.2. The van der Waals surface area contributed by atoms with E-state index in [1.807, 2.05) is 19.9 Å². The first-order valence-corrected chi connectivity index (χ1v) is 10.9. The Balaban J connectivity index is 2.39. The number of esters is 1. The van der Waals surface area contributed by atoms with Crippen LogP contribution in [0.2, 0.25) is 0 Å². The lowest BCUT2D eigenvalue weighted by atomic mass is 10.1. The van der Waals surface area contributed by atoms with Crippen molar-refractivity contribution in [2.24, 2.45) is 0 Å². The number of carbonyl (C=O) groups is 2. The van der Waals surface area contributed by atoms with Gasteiger partial charge in [0.25, 0.3) is 0 Å². The van der Waals surface area contributed by atoms with Crippen molar-refractivity contribution in [2.45, 2.75) is 33.7 Å². The predicted octanol–water partition coefficient (Wildman–Crippen LogP) is 3.19. The molecular weight excluding hydrogens is 392 g/mol. The average Bonchev–Trinajstić information content (AvgIpc) is 2.60. The molecule has 0 aliphatic carbocycles. The molecule has 0 bridgehead atoms. The standard InChI is InChI=1S/C21H26N2O5S/c1-13-10-14(2)12-17(11-13)23(29(6,26)27)16(4)20(24)22-19-9-7-8-18(15(19)3)21(25)28-5/h7-12,16H,1-6H3,(H,22,24)/t16-/m0/s1. The molecule has 0 radical (unpaired) electrons. The third kappa shape index (κ3) is 5.14. The minimum absolute atomic E-state index is 0.326. The highest BCUT2D eigenvalue weighted by Gasteiger charge is 2.30. The summed E-state index contributed by atoms with van der Waals surface area (Å²) in [6.45, 7) is 6.94. The highest BCUT2D eigenvalue weighted by Crippen LogP contribution is 2.25. The molecule has 0 saturated heterocycles. The summed E-state index contributed by atoms with van der Waals surface area (Å²) in [6, 6.07) is 9.23. The number of benzene rings is 2. The lowest BCUT2D eigenvalue weighted by Gasteiger charge is -2.29. The minimum atomic E-state index is -3.73. The molecular formula is C21H26N2O5S. The van der Waals surface area contributed by atoms with E-state index < -0.39 is 27.9 Å². The summed E-state index contributed by atoms with van der Waals surface area (Å²) in [4.78, 5) is 24.8. The molecule has 0 aliphatic rings. The molecule has 7 nitrogen and oxygen atoms in total. The first-order chi connectivity index (χ1) is 13.5. The van der Waals surface area contributed by atoms with Gasteiger partial charge in [0.05, 0.1) is 24.6 Å². The van der Waals surface area contributed by atoms with E-state index in [1.54, 1.807) is 37.3 Å². The summed E-state index contributed by atoms with van der Waals surface area (Å²) in [7, 11) is -2.44. The largest absolute Gasteiger partial charge is 0.465 e. The zero-order chi connectivity index (χ0) is 21.9. The van der Waals surface area contributed by atoms with Crippen molar-refractivity contribution in [3.8, 4) is 0 Å². The van der Waals surface area contributed by atoms with Crippen molar-refractivity contribution < 1.29 is 22.7 Å². The van der Waals surface area contributed by atoms with E-state index in [0.29, 0.717) is 22.5 Å². The lowest BCUT2D eigenvalue weighted by Crippen LogP contribution is -2.45. The molecule has 1 atom stereocenters. The SMILES string of the molecule is COC(=O)c1cccc(NC(=O)[C@H](C)N(c2cc(C)cc(C)c2)S(C)(=O)=O)c1C. The number of hydrogen-bond acceptors (Lipinski definition) is 5. The van der Waals surface area contributed by atoms with Gasteiger partial charge in [-0.25, -0.2) is 13.2 Å². The molecule has 0 aromatic heterocycles. The maximum absolute atomic E-state index is 12.9. The van der Waals surface area contributed by atoms with Crippen molar-refractivity contribution >= 4 is 33.3 Å². The summed E-state index contributed by atoms with van der Waals surface area (Å²) < 4.78 is 30.8. The maximum Gasteiger partial charge on any atom is 0.338 e. The van der Waals surface area contributed by atoms with E-state index >= 15 is 0 Å². The number of nitrogens with zero attached hydrogens (tertiary/aromatic N) is 1. The number of aryl methyl sites for hydroxylation is 2. The van der Waals surface area contributed by atoms with E-state index in [4.69, 9.17) is 4.74 Å². The van der Waals surface area contributed by atoms with Gasteiger partial charge in [-0.1, -0.05) is 12.1 Å². The first kappa shape index (κ1) is 22.4. The Bertz CT molecular complexity index is 1030. The van der Waals surface area contributed by atoms with Crippen molar-refractivity contribution in [1.82, 2.24) is 0 Å². The molecule has 156 valence electrons. The van der Waals surface area contributed by atoms with Crippen LogP contribution in [0.15, 0.2) is 36.4 Å². The zero-order valence-electron chi connectivity index (χ0n) is 17.4. The number of hydrogen-bond donors (Lipinski definition) is 1. The van der Waals surface area contributed by atoms with Gasteiger partial charge in [0.2, 0.25) is 15.9 Å². The molecule has 1 N–H and O–H groups in total. The predicted molar refractivity (Wildman–Crippen MR) is 114 cm³/mol. The van der Waals surface area contributed by atoms with Crippen LogP contribution in [0.3, 0.4) is 0 Å². The summed E-state index contributed by atoms with van der Waals surface area (Å²) in [5.74, 6) is -1.03. The van der Waals surface area contributed by atoms with Crippen LogP contribution in [0.4, 0.5) is 11.4 Å². The number of amides is 1. The van der Waals surface area contributed by atoms with Gasteiger partial charge in [0.15, 0.2) is 0 Å². The molecule has 8 heteroatoms. The molecule has 0 heterocycles. The fourth-order valence-corrected chi connectivity index (χ4v) is 4.38. The summed E-state index contributed by atoms with van der Waals surface area (Å²) in [6.07, 6.45) is 1.07. The third-order valence-electron chi connectivity index (χ3n) is 4.55. The van der Waals surface area contributed by atoms with Gasteiger partial charge in [-0.05, 0) is 68.7 Å². The van der Waals surface area contributed by atoms with E-state index in [9.17, 15) is 18.0 Å². The van der Waals surface area contributed by atoms with Crippen LogP contribution in [0.25, 0.3) is 0 Å². The Hall–Kier alpha value is -2.87. The summed E-state index contributed by atoms with van der Waals surface area (Å²) in [5, 5.41) is 2.73. The zero-order valence-corrected chi connectivity index (χ0v) is 18.3. The second-order valence-corrected chi connectivity index (χ2v) is 8.90. The molecule has 0 unspecified atom stereocenters. The van der Waals surface area contributed by atoms with Crippen molar-refractivity contribution in [2.75, 3.05) is 23.0 Å². The third-order valence-corrected chi connectivity index (χ3v) is 5.79. The second kappa shape index (κ2) is 8.65. The number of ether oxygens (including phenoxy) is 1. The molecule has 29 heavy (non-hydrogen) atoms. The van der Waals surface area contributed by atoms with Gasteiger partial charge in [0.1, 0.15) is 6.04 Å². The van der Waals surface area contributed by atoms with E-state index in [2.05, 4.69) is 5.32 Å². The molecule has 2 rings (SSSR count).